The van der Waals surface area contributed by atoms with Gasteiger partial charge in [-0.3, -0.25) is 4.79 Å². The summed E-state index contributed by atoms with van der Waals surface area (Å²) < 4.78 is 0. The number of rotatable bonds is 3. The van der Waals surface area contributed by atoms with Crippen molar-refractivity contribution in [2.45, 2.75) is 6.42 Å². The third kappa shape index (κ3) is 4.27. The van der Waals surface area contributed by atoms with Crippen molar-refractivity contribution in [3.63, 3.8) is 0 Å². The van der Waals surface area contributed by atoms with Crippen LogP contribution in [0.5, 0.6) is 0 Å². The second-order valence-electron chi connectivity index (χ2n) is 4.15. The third-order valence-electron chi connectivity index (χ3n) is 2.58. The van der Waals surface area contributed by atoms with E-state index in [0.717, 1.165) is 5.56 Å². The van der Waals surface area contributed by atoms with E-state index in [0.29, 0.717) is 17.1 Å². The number of aliphatic hydroxyl groups excluding tert-OH is 1. The number of anilines is 1. The lowest BCUT2D eigenvalue weighted by atomic mass is 10.2. The molecule has 0 saturated carbocycles. The molecular weight excluding hydrogens is 311 g/mol. The minimum atomic E-state index is -0.331. The first-order valence-corrected chi connectivity index (χ1v) is 6.91. The van der Waals surface area contributed by atoms with Gasteiger partial charge in [0.1, 0.15) is 10.8 Å². The summed E-state index contributed by atoms with van der Waals surface area (Å²) in [5.41, 5.74) is 1.73. The number of nitrogens with one attached hydrogen (secondary N) is 2. The molecule has 6 heteroatoms. The summed E-state index contributed by atoms with van der Waals surface area (Å²) in [6.45, 7) is 0.0441. The van der Waals surface area contributed by atoms with E-state index in [-0.39, 0.29) is 23.4 Å². The van der Waals surface area contributed by atoms with Crippen LogP contribution in [0.25, 0.3) is 0 Å². The summed E-state index contributed by atoms with van der Waals surface area (Å²) in [4.78, 5) is 14.6. The van der Waals surface area contributed by atoms with Crippen LogP contribution in [0.3, 0.4) is 0 Å². The Balaban J connectivity index is 2.03. The Morgan fingerprint density at radius 2 is 2.00 bits per heavy atom. The number of aliphatic hydroxyl groups is 1. The molecule has 2 aromatic rings. The Hall–Kier alpha value is -1.93. The lowest BCUT2D eigenvalue weighted by Crippen LogP contribution is -2.12. The average Bonchev–Trinajstić information content (AvgIpc) is 2.81. The fraction of sp³-hybridized carbons (Fsp3) is 0.133. The van der Waals surface area contributed by atoms with E-state index >= 15 is 0 Å². The van der Waals surface area contributed by atoms with Crippen molar-refractivity contribution in [3.05, 3.63) is 51.8 Å². The van der Waals surface area contributed by atoms with Crippen LogP contribution < -0.4 is 5.32 Å². The molecule has 21 heavy (non-hydrogen) atoms. The van der Waals surface area contributed by atoms with Crippen LogP contribution in [-0.2, 0) is 0 Å². The lowest BCUT2D eigenvalue weighted by Gasteiger charge is -2.03. The van der Waals surface area contributed by atoms with Gasteiger partial charge in [-0.2, -0.15) is 0 Å². The number of carbonyl (C=O) groups is 1. The maximum Gasteiger partial charge on any atom is 0.272 e. The molecule has 0 aliphatic heterocycles. The number of amides is 1. The molecule has 0 spiro atoms. The number of aromatic nitrogens is 1. The number of H-pyrrole nitrogens is 1. The summed E-state index contributed by atoms with van der Waals surface area (Å²) >= 11 is 11.5. The minimum absolute atomic E-state index is 0.0441. The fourth-order valence-electron chi connectivity index (χ4n) is 1.58. The van der Waals surface area contributed by atoms with E-state index in [4.69, 9.17) is 28.3 Å². The molecule has 1 aromatic heterocycles. The molecule has 0 unspecified atom stereocenters. The van der Waals surface area contributed by atoms with Gasteiger partial charge in [-0.05, 0) is 30.3 Å². The summed E-state index contributed by atoms with van der Waals surface area (Å²) in [5, 5.41) is 11.9. The third-order valence-corrected chi connectivity index (χ3v) is 3.27. The average molecular weight is 323 g/mol. The second-order valence-corrected chi connectivity index (χ2v) is 4.94. The SMILES string of the molecule is O=C(Nc1ccc(C#CCCO)cc1)c1cc(Cl)c(Cl)[nH]1. The minimum Gasteiger partial charge on any atom is -0.395 e. The van der Waals surface area contributed by atoms with Gasteiger partial charge < -0.3 is 15.4 Å². The maximum atomic E-state index is 12.0. The van der Waals surface area contributed by atoms with Crippen LogP contribution in [0.1, 0.15) is 22.5 Å². The zero-order valence-corrected chi connectivity index (χ0v) is 12.4. The largest absolute Gasteiger partial charge is 0.395 e. The van der Waals surface area contributed by atoms with E-state index in [9.17, 15) is 4.79 Å². The second kappa shape index (κ2) is 7.19. The monoisotopic (exact) mass is 322 g/mol. The van der Waals surface area contributed by atoms with Crippen molar-refractivity contribution in [2.75, 3.05) is 11.9 Å². The molecule has 0 aliphatic carbocycles. The molecule has 1 amide bonds. The van der Waals surface area contributed by atoms with Crippen molar-refractivity contribution in [1.29, 1.82) is 0 Å². The molecule has 0 aliphatic rings. The van der Waals surface area contributed by atoms with Gasteiger partial charge in [-0.1, -0.05) is 35.0 Å². The first kappa shape index (κ1) is 15.5. The number of carbonyl (C=O) groups excluding carboxylic acids is 1. The van der Waals surface area contributed by atoms with Crippen LogP contribution in [0.4, 0.5) is 5.69 Å². The Bertz CT molecular complexity index is 677. The smallest absolute Gasteiger partial charge is 0.272 e. The van der Waals surface area contributed by atoms with Crippen LogP contribution in [-0.4, -0.2) is 22.6 Å². The molecule has 0 radical (unpaired) electrons. The highest BCUT2D eigenvalue weighted by atomic mass is 35.5. The molecule has 4 nitrogen and oxygen atoms in total. The summed E-state index contributed by atoms with van der Waals surface area (Å²) in [7, 11) is 0. The lowest BCUT2D eigenvalue weighted by molar-refractivity contribution is 0.102. The molecule has 3 N–H and O–H groups in total. The van der Waals surface area contributed by atoms with E-state index in [1.165, 1.54) is 6.07 Å². The van der Waals surface area contributed by atoms with Gasteiger partial charge in [-0.25, -0.2) is 0 Å². The number of aromatic amines is 1. The highest BCUT2D eigenvalue weighted by molar-refractivity contribution is 6.41. The predicted octanol–water partition coefficient (Wildman–Crippen LogP) is 3.31. The molecular formula is C15H12Cl2N2O2. The number of hydrogen-bond acceptors (Lipinski definition) is 2. The summed E-state index contributed by atoms with van der Waals surface area (Å²) in [6, 6.07) is 8.53. The van der Waals surface area contributed by atoms with Crippen molar-refractivity contribution < 1.29 is 9.90 Å². The highest BCUT2D eigenvalue weighted by Gasteiger charge is 2.11. The zero-order valence-electron chi connectivity index (χ0n) is 10.9. The molecule has 108 valence electrons. The quantitative estimate of drug-likeness (QED) is 0.759. The van der Waals surface area contributed by atoms with Gasteiger partial charge >= 0.3 is 0 Å². The van der Waals surface area contributed by atoms with E-state index in [1.54, 1.807) is 24.3 Å². The molecule has 1 heterocycles. The summed E-state index contributed by atoms with van der Waals surface area (Å²) in [5.74, 6) is 5.40. The van der Waals surface area contributed by atoms with Crippen molar-refractivity contribution >= 4 is 34.8 Å². The molecule has 1 aromatic carbocycles. The van der Waals surface area contributed by atoms with Gasteiger partial charge in [0.2, 0.25) is 0 Å². The van der Waals surface area contributed by atoms with E-state index in [1.807, 2.05) is 0 Å². The molecule has 0 fully saturated rings. The molecule has 2 rings (SSSR count). The van der Waals surface area contributed by atoms with Gasteiger partial charge in [0.25, 0.3) is 5.91 Å². The summed E-state index contributed by atoms with van der Waals surface area (Å²) in [6.07, 6.45) is 0.437. The van der Waals surface area contributed by atoms with Crippen molar-refractivity contribution in [2.24, 2.45) is 0 Å². The Morgan fingerprint density at radius 1 is 1.29 bits per heavy atom. The maximum absolute atomic E-state index is 12.0. The highest BCUT2D eigenvalue weighted by Crippen LogP contribution is 2.22. The predicted molar refractivity (Wildman–Crippen MR) is 83.8 cm³/mol. The van der Waals surface area contributed by atoms with Crippen molar-refractivity contribution in [3.8, 4) is 11.8 Å². The van der Waals surface area contributed by atoms with Crippen LogP contribution >= 0.6 is 23.2 Å². The first-order valence-electron chi connectivity index (χ1n) is 6.15. The van der Waals surface area contributed by atoms with Gasteiger partial charge in [0.05, 0.1) is 11.6 Å². The number of hydrogen-bond donors (Lipinski definition) is 3. The Kier molecular flexibility index (Phi) is 5.29. The van der Waals surface area contributed by atoms with E-state index < -0.39 is 0 Å². The fourth-order valence-corrected chi connectivity index (χ4v) is 1.89. The van der Waals surface area contributed by atoms with E-state index in [2.05, 4.69) is 22.1 Å². The topological polar surface area (TPSA) is 65.1 Å². The Morgan fingerprint density at radius 3 is 2.57 bits per heavy atom. The molecule has 0 atom stereocenters. The van der Waals surface area contributed by atoms with Gasteiger partial charge in [0, 0.05) is 17.7 Å². The number of benzene rings is 1. The van der Waals surface area contributed by atoms with Crippen LogP contribution in [0, 0.1) is 11.8 Å². The molecule has 0 bridgehead atoms. The number of halogens is 2. The van der Waals surface area contributed by atoms with Crippen LogP contribution in [0.2, 0.25) is 10.2 Å². The van der Waals surface area contributed by atoms with Gasteiger partial charge in [0.15, 0.2) is 0 Å². The first-order chi connectivity index (χ1) is 10.1. The Labute approximate surface area is 132 Å². The van der Waals surface area contributed by atoms with Gasteiger partial charge in [-0.15, -0.1) is 0 Å². The molecule has 0 saturated heterocycles. The standard InChI is InChI=1S/C15H12Cl2N2O2/c16-12-9-13(19-14(12)17)15(21)18-11-6-4-10(5-7-11)3-1-2-8-20/h4-7,9,19-20H,2,8H2,(H,18,21). The van der Waals surface area contributed by atoms with Crippen molar-refractivity contribution in [1.82, 2.24) is 4.98 Å². The zero-order chi connectivity index (χ0) is 15.2. The van der Waals surface area contributed by atoms with Crippen LogP contribution in [0.15, 0.2) is 30.3 Å². The normalized spacial score (nSPS) is 9.86.